The van der Waals surface area contributed by atoms with Crippen LogP contribution in [0.4, 0.5) is 11.4 Å². The maximum absolute atomic E-state index is 11.8. The molecule has 0 bridgehead atoms. The molecular weight excluding hydrogens is 466 g/mol. The molecule has 2 aromatic heterocycles. The largest absolute Gasteiger partial charge is 0.351 e. The third-order valence-electron chi connectivity index (χ3n) is 6.71. The van der Waals surface area contributed by atoms with Crippen molar-refractivity contribution in [1.29, 1.82) is 0 Å². The number of hydrogen-bond acceptors (Lipinski definition) is 4. The predicted octanol–water partition coefficient (Wildman–Crippen LogP) is 4.86. The number of pyridine rings is 1. The summed E-state index contributed by atoms with van der Waals surface area (Å²) in [5.74, 6) is 0. The van der Waals surface area contributed by atoms with E-state index < -0.39 is 10.0 Å². The van der Waals surface area contributed by atoms with Crippen molar-refractivity contribution in [2.75, 3.05) is 15.9 Å². The Labute approximate surface area is 206 Å². The van der Waals surface area contributed by atoms with Crippen molar-refractivity contribution < 1.29 is 8.42 Å². The van der Waals surface area contributed by atoms with Crippen LogP contribution in [0, 0.1) is 6.92 Å². The number of aryl methyl sites for hydroxylation is 1. The van der Waals surface area contributed by atoms with Crippen LogP contribution in [-0.4, -0.2) is 29.3 Å². The van der Waals surface area contributed by atoms with Gasteiger partial charge in [0, 0.05) is 29.8 Å². The summed E-state index contributed by atoms with van der Waals surface area (Å²) in [4.78, 5) is 6.79. The third-order valence-corrected chi connectivity index (χ3v) is 7.62. The highest BCUT2D eigenvalue weighted by molar-refractivity contribution is 7.92. The third kappa shape index (κ3) is 4.42. The van der Waals surface area contributed by atoms with Gasteiger partial charge in [-0.1, -0.05) is 18.9 Å². The van der Waals surface area contributed by atoms with Crippen LogP contribution in [0.15, 0.2) is 60.9 Å². The Morgan fingerprint density at radius 2 is 1.91 bits per heavy atom. The molecule has 3 aromatic rings. The minimum Gasteiger partial charge on any atom is -0.351 e. The van der Waals surface area contributed by atoms with Crippen molar-refractivity contribution in [2.45, 2.75) is 50.7 Å². The zero-order chi connectivity index (χ0) is 23.9. The van der Waals surface area contributed by atoms with Crippen LogP contribution in [-0.2, 0) is 10.0 Å². The lowest BCUT2D eigenvalue weighted by atomic mass is 10.00. The smallest absolute Gasteiger partial charge is 0.229 e. The lowest BCUT2D eigenvalue weighted by Crippen LogP contribution is -2.30. The van der Waals surface area contributed by atoms with Gasteiger partial charge in [0.15, 0.2) is 5.11 Å². The summed E-state index contributed by atoms with van der Waals surface area (Å²) in [5.41, 5.74) is 4.44. The van der Waals surface area contributed by atoms with Crippen LogP contribution in [0.1, 0.15) is 60.8 Å². The van der Waals surface area contributed by atoms with Gasteiger partial charge in [0.25, 0.3) is 0 Å². The molecule has 1 aromatic carbocycles. The second-order valence-corrected chi connectivity index (χ2v) is 11.3. The van der Waals surface area contributed by atoms with Gasteiger partial charge in [-0.3, -0.25) is 9.71 Å². The van der Waals surface area contributed by atoms with Crippen LogP contribution in [0.5, 0.6) is 0 Å². The molecule has 1 aliphatic carbocycles. The number of nitrogens with one attached hydrogen (secondary N) is 2. The maximum Gasteiger partial charge on any atom is 0.229 e. The Hall–Kier alpha value is -2.91. The van der Waals surface area contributed by atoms with Crippen molar-refractivity contribution in [2.24, 2.45) is 0 Å². The highest BCUT2D eigenvalue weighted by Gasteiger charge is 2.42. The van der Waals surface area contributed by atoms with Crippen molar-refractivity contribution in [1.82, 2.24) is 14.9 Å². The maximum atomic E-state index is 11.8. The molecule has 1 saturated carbocycles. The van der Waals surface area contributed by atoms with E-state index in [0.717, 1.165) is 23.2 Å². The Kier molecular flexibility index (Phi) is 6.07. The van der Waals surface area contributed by atoms with E-state index in [9.17, 15) is 8.42 Å². The van der Waals surface area contributed by atoms with E-state index in [-0.39, 0.29) is 12.1 Å². The Morgan fingerprint density at radius 1 is 1.12 bits per heavy atom. The average molecular weight is 496 g/mol. The molecule has 0 radical (unpaired) electrons. The van der Waals surface area contributed by atoms with E-state index in [0.29, 0.717) is 16.8 Å². The van der Waals surface area contributed by atoms with Crippen molar-refractivity contribution in [3.05, 3.63) is 77.9 Å². The molecule has 1 saturated heterocycles. The van der Waals surface area contributed by atoms with Crippen molar-refractivity contribution in [3.8, 4) is 0 Å². The average Bonchev–Trinajstić information content (AvgIpc) is 3.54. The van der Waals surface area contributed by atoms with Gasteiger partial charge in [0.05, 0.1) is 23.7 Å². The molecule has 1 aliphatic heterocycles. The zero-order valence-electron chi connectivity index (χ0n) is 19.3. The van der Waals surface area contributed by atoms with Crippen molar-refractivity contribution >= 4 is 38.7 Å². The minimum absolute atomic E-state index is 0.0916. The molecular formula is C25H29N5O2S2. The SMILES string of the molecule is Cc1cc(N2C(=S)N[C@@H](c3ccccn3)[C@H]2c2cccn2C2CCCC2)ccc1NS(C)(=O)=O. The van der Waals surface area contributed by atoms with E-state index in [4.69, 9.17) is 12.2 Å². The highest BCUT2D eigenvalue weighted by Crippen LogP contribution is 2.44. The predicted molar refractivity (Wildman–Crippen MR) is 140 cm³/mol. The van der Waals surface area contributed by atoms with E-state index in [1.54, 1.807) is 6.07 Å². The fourth-order valence-electron chi connectivity index (χ4n) is 5.22. The van der Waals surface area contributed by atoms with Crippen molar-refractivity contribution in [3.63, 3.8) is 0 Å². The van der Waals surface area contributed by atoms with Crippen LogP contribution in [0.3, 0.4) is 0 Å². The van der Waals surface area contributed by atoms with Gasteiger partial charge in [0.2, 0.25) is 10.0 Å². The number of nitrogens with zero attached hydrogens (tertiary/aromatic N) is 3. The molecule has 3 heterocycles. The topological polar surface area (TPSA) is 79.3 Å². The Bertz CT molecular complexity index is 1300. The number of benzene rings is 1. The summed E-state index contributed by atoms with van der Waals surface area (Å²) in [5, 5.41) is 4.15. The molecule has 0 spiro atoms. The van der Waals surface area contributed by atoms with Gasteiger partial charge in [-0.15, -0.1) is 0 Å². The quantitative estimate of drug-likeness (QED) is 0.476. The summed E-state index contributed by atoms with van der Waals surface area (Å²) in [6.07, 6.45) is 10.0. The number of thiocarbonyl (C=S) groups is 1. The number of rotatable bonds is 6. The molecule has 9 heteroatoms. The normalized spacial score (nSPS) is 21.1. The van der Waals surface area contributed by atoms with Gasteiger partial charge >= 0.3 is 0 Å². The van der Waals surface area contributed by atoms with Gasteiger partial charge in [0.1, 0.15) is 6.04 Å². The second-order valence-electron chi connectivity index (χ2n) is 9.15. The number of hydrogen-bond donors (Lipinski definition) is 2. The summed E-state index contributed by atoms with van der Waals surface area (Å²) in [6.45, 7) is 1.90. The lowest BCUT2D eigenvalue weighted by molar-refractivity contribution is 0.461. The first-order valence-corrected chi connectivity index (χ1v) is 13.9. The first-order chi connectivity index (χ1) is 16.3. The standard InChI is InChI=1S/C25H29N5O2S2/c1-17-16-19(12-13-20(17)28-34(2,31)32)30-24(22-11-7-15-29(22)18-8-3-4-9-18)23(27-25(30)33)21-10-5-6-14-26-21/h5-7,10-16,18,23-24,28H,3-4,8-9H2,1-2H3,(H,27,33)/t23-,24+/m0/s1. The first-order valence-electron chi connectivity index (χ1n) is 11.6. The molecule has 7 nitrogen and oxygen atoms in total. The van der Waals surface area contributed by atoms with Crippen LogP contribution in [0.25, 0.3) is 0 Å². The molecule has 2 aliphatic rings. The van der Waals surface area contributed by atoms with Crippen LogP contribution in [0.2, 0.25) is 0 Å². The van der Waals surface area contributed by atoms with Gasteiger partial charge < -0.3 is 14.8 Å². The summed E-state index contributed by atoms with van der Waals surface area (Å²) >= 11 is 5.86. The van der Waals surface area contributed by atoms with Crippen LogP contribution >= 0.6 is 12.2 Å². The molecule has 2 N–H and O–H groups in total. The van der Waals surface area contributed by atoms with Gasteiger partial charge in [-0.05, 0) is 80.0 Å². The molecule has 34 heavy (non-hydrogen) atoms. The van der Waals surface area contributed by atoms with E-state index >= 15 is 0 Å². The Morgan fingerprint density at radius 3 is 2.59 bits per heavy atom. The van der Waals surface area contributed by atoms with Gasteiger partial charge in [-0.25, -0.2) is 8.42 Å². The zero-order valence-corrected chi connectivity index (χ0v) is 20.9. The van der Waals surface area contributed by atoms with E-state index in [2.05, 4.69) is 42.8 Å². The van der Waals surface area contributed by atoms with Crippen LogP contribution < -0.4 is 14.9 Å². The molecule has 2 atom stereocenters. The fourth-order valence-corrected chi connectivity index (χ4v) is 6.19. The van der Waals surface area contributed by atoms with Gasteiger partial charge in [-0.2, -0.15) is 0 Å². The number of sulfonamides is 1. The summed E-state index contributed by atoms with van der Waals surface area (Å²) in [6, 6.07) is 16.3. The highest BCUT2D eigenvalue weighted by atomic mass is 32.2. The number of aromatic nitrogens is 2. The number of anilines is 2. The monoisotopic (exact) mass is 495 g/mol. The molecule has 0 unspecified atom stereocenters. The molecule has 178 valence electrons. The Balaban J connectivity index is 1.59. The second kappa shape index (κ2) is 9.03. The lowest BCUT2D eigenvalue weighted by Gasteiger charge is -2.30. The first kappa shape index (κ1) is 22.9. The fraction of sp³-hybridized carbons (Fsp3) is 0.360. The summed E-state index contributed by atoms with van der Waals surface area (Å²) < 4.78 is 28.5. The van der Waals surface area contributed by atoms with E-state index in [1.807, 2.05) is 43.5 Å². The molecule has 0 amide bonds. The minimum atomic E-state index is -3.36. The summed E-state index contributed by atoms with van der Waals surface area (Å²) in [7, 11) is -3.36. The molecule has 2 fully saturated rings. The molecule has 5 rings (SSSR count). The van der Waals surface area contributed by atoms with E-state index in [1.165, 1.54) is 31.4 Å².